The standard InChI is InChI=1S/C14H18N4O2/c15-8-3-4-9(11(16)6-8)14(20)18-5-1-2-10-12(18)7-17-13(10)19/h3-4,6,10,12H,1-2,5,7,15-16H2,(H,17,19). The van der Waals surface area contributed by atoms with Crippen molar-refractivity contribution < 1.29 is 9.59 Å². The van der Waals surface area contributed by atoms with Gasteiger partial charge in [-0.25, -0.2) is 0 Å². The maximum absolute atomic E-state index is 12.6. The maximum atomic E-state index is 12.6. The molecule has 1 aromatic rings. The summed E-state index contributed by atoms with van der Waals surface area (Å²) in [7, 11) is 0. The molecule has 2 aliphatic heterocycles. The fourth-order valence-electron chi connectivity index (χ4n) is 3.13. The molecule has 0 aliphatic carbocycles. The first-order valence-electron chi connectivity index (χ1n) is 6.81. The molecule has 106 valence electrons. The van der Waals surface area contributed by atoms with Crippen LogP contribution in [0.2, 0.25) is 0 Å². The van der Waals surface area contributed by atoms with E-state index in [1.54, 1.807) is 23.1 Å². The number of piperidine rings is 1. The topological polar surface area (TPSA) is 101 Å². The van der Waals surface area contributed by atoms with Crippen LogP contribution in [0.5, 0.6) is 0 Å². The summed E-state index contributed by atoms with van der Waals surface area (Å²) >= 11 is 0. The van der Waals surface area contributed by atoms with Crippen LogP contribution in [0, 0.1) is 5.92 Å². The molecule has 2 saturated heterocycles. The molecule has 0 radical (unpaired) electrons. The predicted octanol–water partition coefficient (Wildman–Crippen LogP) is 0.202. The lowest BCUT2D eigenvalue weighted by atomic mass is 9.91. The second-order valence-corrected chi connectivity index (χ2v) is 5.41. The Kier molecular flexibility index (Phi) is 3.00. The quantitative estimate of drug-likeness (QED) is 0.637. The molecule has 3 rings (SSSR count). The number of nitrogens with zero attached hydrogens (tertiary/aromatic N) is 1. The van der Waals surface area contributed by atoms with Crippen LogP contribution in [-0.4, -0.2) is 35.8 Å². The Hall–Kier alpha value is -2.24. The van der Waals surface area contributed by atoms with Gasteiger partial charge in [-0.1, -0.05) is 0 Å². The fraction of sp³-hybridized carbons (Fsp3) is 0.429. The van der Waals surface area contributed by atoms with Crippen molar-refractivity contribution in [1.29, 1.82) is 0 Å². The first kappa shape index (κ1) is 12.8. The first-order valence-corrected chi connectivity index (χ1v) is 6.81. The van der Waals surface area contributed by atoms with Crippen LogP contribution in [0.3, 0.4) is 0 Å². The molecule has 2 amide bonds. The number of nitrogens with one attached hydrogen (secondary N) is 1. The number of anilines is 2. The van der Waals surface area contributed by atoms with Crippen LogP contribution < -0.4 is 16.8 Å². The lowest BCUT2D eigenvalue weighted by Gasteiger charge is -2.36. The van der Waals surface area contributed by atoms with E-state index in [9.17, 15) is 9.59 Å². The summed E-state index contributed by atoms with van der Waals surface area (Å²) in [5, 5.41) is 2.84. The van der Waals surface area contributed by atoms with E-state index in [0.717, 1.165) is 12.8 Å². The number of likely N-dealkylation sites (tertiary alicyclic amines) is 1. The number of nitrogen functional groups attached to an aromatic ring is 2. The molecule has 20 heavy (non-hydrogen) atoms. The smallest absolute Gasteiger partial charge is 0.256 e. The lowest BCUT2D eigenvalue weighted by molar-refractivity contribution is -0.123. The average Bonchev–Trinajstić information content (AvgIpc) is 2.80. The highest BCUT2D eigenvalue weighted by Gasteiger charge is 2.42. The van der Waals surface area contributed by atoms with E-state index in [-0.39, 0.29) is 23.8 Å². The average molecular weight is 274 g/mol. The van der Waals surface area contributed by atoms with Crippen molar-refractivity contribution in [3.05, 3.63) is 23.8 Å². The number of carbonyl (C=O) groups excluding carboxylic acids is 2. The van der Waals surface area contributed by atoms with Gasteiger partial charge in [0.05, 0.1) is 17.5 Å². The fourth-order valence-corrected chi connectivity index (χ4v) is 3.13. The number of nitrogens with two attached hydrogens (primary N) is 2. The SMILES string of the molecule is Nc1ccc(C(=O)N2CCCC3C(=O)NCC32)c(N)c1. The number of hydrogen-bond acceptors (Lipinski definition) is 4. The van der Waals surface area contributed by atoms with E-state index >= 15 is 0 Å². The van der Waals surface area contributed by atoms with Crippen molar-refractivity contribution in [2.45, 2.75) is 18.9 Å². The summed E-state index contributed by atoms with van der Waals surface area (Å²) in [6, 6.07) is 4.86. The number of amides is 2. The van der Waals surface area contributed by atoms with Crippen molar-refractivity contribution in [1.82, 2.24) is 10.2 Å². The zero-order valence-corrected chi connectivity index (χ0v) is 11.1. The maximum Gasteiger partial charge on any atom is 0.256 e. The Bertz CT molecular complexity index is 572. The minimum atomic E-state index is -0.117. The van der Waals surface area contributed by atoms with E-state index in [4.69, 9.17) is 11.5 Å². The molecule has 0 aromatic heterocycles. The Balaban J connectivity index is 1.88. The zero-order chi connectivity index (χ0) is 14.3. The lowest BCUT2D eigenvalue weighted by Crippen LogP contribution is -2.48. The molecule has 2 aliphatic rings. The van der Waals surface area contributed by atoms with Crippen LogP contribution in [0.15, 0.2) is 18.2 Å². The number of fused-ring (bicyclic) bond motifs is 1. The highest BCUT2D eigenvalue weighted by Crippen LogP contribution is 2.29. The van der Waals surface area contributed by atoms with Gasteiger partial charge in [-0.15, -0.1) is 0 Å². The van der Waals surface area contributed by atoms with Gasteiger partial charge in [0, 0.05) is 24.5 Å². The molecule has 2 fully saturated rings. The minimum Gasteiger partial charge on any atom is -0.399 e. The van der Waals surface area contributed by atoms with Crippen molar-refractivity contribution >= 4 is 23.2 Å². The Morgan fingerprint density at radius 1 is 1.35 bits per heavy atom. The third-order valence-corrected chi connectivity index (χ3v) is 4.17. The minimum absolute atomic E-state index is 0.0535. The molecule has 1 aromatic carbocycles. The van der Waals surface area contributed by atoms with Gasteiger partial charge in [-0.3, -0.25) is 9.59 Å². The van der Waals surface area contributed by atoms with E-state index in [2.05, 4.69) is 5.32 Å². The molecule has 2 unspecified atom stereocenters. The van der Waals surface area contributed by atoms with E-state index < -0.39 is 0 Å². The third kappa shape index (κ3) is 1.97. The molecular weight excluding hydrogens is 256 g/mol. The zero-order valence-electron chi connectivity index (χ0n) is 11.1. The van der Waals surface area contributed by atoms with E-state index in [1.165, 1.54) is 0 Å². The summed E-state index contributed by atoms with van der Waals surface area (Å²) in [6.07, 6.45) is 1.69. The molecule has 0 bridgehead atoms. The van der Waals surface area contributed by atoms with Gasteiger partial charge in [0.1, 0.15) is 0 Å². The number of hydrogen-bond donors (Lipinski definition) is 3. The summed E-state index contributed by atoms with van der Waals surface area (Å²) in [4.78, 5) is 26.2. The van der Waals surface area contributed by atoms with Crippen molar-refractivity contribution in [2.24, 2.45) is 5.92 Å². The second kappa shape index (κ2) is 4.70. The van der Waals surface area contributed by atoms with Crippen LogP contribution in [-0.2, 0) is 4.79 Å². The highest BCUT2D eigenvalue weighted by atomic mass is 16.2. The Labute approximate surface area is 117 Å². The molecule has 5 N–H and O–H groups in total. The largest absolute Gasteiger partial charge is 0.399 e. The monoisotopic (exact) mass is 274 g/mol. The molecule has 2 atom stereocenters. The van der Waals surface area contributed by atoms with Crippen molar-refractivity contribution in [2.75, 3.05) is 24.6 Å². The van der Waals surface area contributed by atoms with Crippen LogP contribution >= 0.6 is 0 Å². The Morgan fingerprint density at radius 2 is 2.15 bits per heavy atom. The highest BCUT2D eigenvalue weighted by molar-refractivity contribution is 6.00. The number of rotatable bonds is 1. The van der Waals surface area contributed by atoms with Crippen molar-refractivity contribution in [3.63, 3.8) is 0 Å². The Morgan fingerprint density at radius 3 is 2.90 bits per heavy atom. The van der Waals surface area contributed by atoms with Gasteiger partial charge in [-0.05, 0) is 31.0 Å². The van der Waals surface area contributed by atoms with Crippen LogP contribution in [0.25, 0.3) is 0 Å². The summed E-state index contributed by atoms with van der Waals surface area (Å²) in [5.41, 5.74) is 12.9. The normalized spacial score (nSPS) is 25.2. The summed E-state index contributed by atoms with van der Waals surface area (Å²) < 4.78 is 0. The third-order valence-electron chi connectivity index (χ3n) is 4.17. The first-order chi connectivity index (χ1) is 9.58. The number of carbonyl (C=O) groups is 2. The molecular formula is C14H18N4O2. The molecule has 0 spiro atoms. The van der Waals surface area contributed by atoms with Gasteiger partial charge < -0.3 is 21.7 Å². The van der Waals surface area contributed by atoms with E-state index in [1.807, 2.05) is 0 Å². The molecule has 6 nitrogen and oxygen atoms in total. The van der Waals surface area contributed by atoms with Crippen molar-refractivity contribution in [3.8, 4) is 0 Å². The van der Waals surface area contributed by atoms with E-state index in [0.29, 0.717) is 30.0 Å². The molecule has 6 heteroatoms. The van der Waals surface area contributed by atoms with Gasteiger partial charge >= 0.3 is 0 Å². The van der Waals surface area contributed by atoms with Crippen LogP contribution in [0.4, 0.5) is 11.4 Å². The molecule has 2 heterocycles. The van der Waals surface area contributed by atoms with Gasteiger partial charge in [-0.2, -0.15) is 0 Å². The van der Waals surface area contributed by atoms with Gasteiger partial charge in [0.2, 0.25) is 5.91 Å². The number of benzene rings is 1. The predicted molar refractivity (Wildman–Crippen MR) is 75.8 cm³/mol. The molecule has 0 saturated carbocycles. The van der Waals surface area contributed by atoms with Gasteiger partial charge in [0.15, 0.2) is 0 Å². The second-order valence-electron chi connectivity index (χ2n) is 5.41. The summed E-state index contributed by atoms with van der Waals surface area (Å²) in [5.74, 6) is -0.144. The van der Waals surface area contributed by atoms with Crippen LogP contribution in [0.1, 0.15) is 23.2 Å². The summed E-state index contributed by atoms with van der Waals surface area (Å²) in [6.45, 7) is 1.20. The van der Waals surface area contributed by atoms with Gasteiger partial charge in [0.25, 0.3) is 5.91 Å².